The highest BCUT2D eigenvalue weighted by atomic mass is 79.9. The SMILES string of the molecule is CNCc1ccc(N2CCN(c3nccs3)CC2)cc1Br. The largest absolute Gasteiger partial charge is 0.368 e. The molecule has 0 aliphatic carbocycles. The summed E-state index contributed by atoms with van der Waals surface area (Å²) in [4.78, 5) is 9.20. The number of rotatable bonds is 4. The van der Waals surface area contributed by atoms with E-state index < -0.39 is 0 Å². The lowest BCUT2D eigenvalue weighted by Gasteiger charge is -2.36. The van der Waals surface area contributed by atoms with Crippen molar-refractivity contribution >= 4 is 38.1 Å². The van der Waals surface area contributed by atoms with Gasteiger partial charge >= 0.3 is 0 Å². The molecule has 0 bridgehead atoms. The first-order valence-corrected chi connectivity index (χ1v) is 8.77. The van der Waals surface area contributed by atoms with E-state index >= 15 is 0 Å². The molecule has 1 fully saturated rings. The Labute approximate surface area is 137 Å². The van der Waals surface area contributed by atoms with Crippen LogP contribution < -0.4 is 15.1 Å². The maximum Gasteiger partial charge on any atom is 0.185 e. The summed E-state index contributed by atoms with van der Waals surface area (Å²) in [5, 5.41) is 6.37. The van der Waals surface area contributed by atoms with Crippen molar-refractivity contribution < 1.29 is 0 Å². The van der Waals surface area contributed by atoms with Crippen molar-refractivity contribution in [2.75, 3.05) is 43.0 Å². The Morgan fingerprint density at radius 2 is 2.00 bits per heavy atom. The minimum absolute atomic E-state index is 0.888. The Bertz CT molecular complexity index is 579. The van der Waals surface area contributed by atoms with Crippen LogP contribution in [0.15, 0.2) is 34.2 Å². The van der Waals surface area contributed by atoms with Crippen LogP contribution in [0.4, 0.5) is 10.8 Å². The van der Waals surface area contributed by atoms with Crippen LogP contribution in [0.25, 0.3) is 0 Å². The summed E-state index contributed by atoms with van der Waals surface area (Å²) in [5.41, 5.74) is 2.59. The highest BCUT2D eigenvalue weighted by Crippen LogP contribution is 2.26. The van der Waals surface area contributed by atoms with Crippen molar-refractivity contribution in [2.24, 2.45) is 0 Å². The van der Waals surface area contributed by atoms with Gasteiger partial charge in [-0.1, -0.05) is 22.0 Å². The molecule has 3 rings (SSSR count). The Hall–Kier alpha value is -1.11. The van der Waals surface area contributed by atoms with Gasteiger partial charge < -0.3 is 15.1 Å². The number of nitrogens with one attached hydrogen (secondary N) is 1. The molecule has 2 aromatic rings. The molecule has 2 heterocycles. The highest BCUT2D eigenvalue weighted by Gasteiger charge is 2.19. The van der Waals surface area contributed by atoms with Gasteiger partial charge in [0.05, 0.1) is 0 Å². The van der Waals surface area contributed by atoms with E-state index in [0.717, 1.165) is 37.9 Å². The van der Waals surface area contributed by atoms with Gasteiger partial charge in [-0.2, -0.15) is 0 Å². The molecular formula is C15H19BrN4S. The number of aromatic nitrogens is 1. The summed E-state index contributed by atoms with van der Waals surface area (Å²) in [5.74, 6) is 0. The van der Waals surface area contributed by atoms with Crippen LogP contribution in [-0.2, 0) is 6.54 Å². The van der Waals surface area contributed by atoms with Crippen molar-refractivity contribution in [1.82, 2.24) is 10.3 Å². The quantitative estimate of drug-likeness (QED) is 0.901. The molecule has 0 saturated carbocycles. The van der Waals surface area contributed by atoms with Crippen molar-refractivity contribution in [2.45, 2.75) is 6.54 Å². The maximum absolute atomic E-state index is 4.40. The third kappa shape index (κ3) is 3.39. The Balaban J connectivity index is 1.65. The predicted octanol–water partition coefficient (Wildman–Crippen LogP) is 2.95. The number of thiazole rings is 1. The summed E-state index contributed by atoms with van der Waals surface area (Å²) in [6, 6.07) is 6.64. The van der Waals surface area contributed by atoms with Gasteiger partial charge in [-0.05, 0) is 24.7 Å². The van der Waals surface area contributed by atoms with Crippen molar-refractivity contribution in [3.05, 3.63) is 39.8 Å². The second-order valence-corrected chi connectivity index (χ2v) is 6.82. The van der Waals surface area contributed by atoms with E-state index in [1.165, 1.54) is 15.7 Å². The lowest BCUT2D eigenvalue weighted by atomic mass is 10.2. The smallest absolute Gasteiger partial charge is 0.185 e. The van der Waals surface area contributed by atoms with Gasteiger partial charge in [0.1, 0.15) is 0 Å². The predicted molar refractivity (Wildman–Crippen MR) is 93.4 cm³/mol. The van der Waals surface area contributed by atoms with Crippen LogP contribution in [0.1, 0.15) is 5.56 Å². The molecule has 1 aliphatic heterocycles. The fourth-order valence-electron chi connectivity index (χ4n) is 2.59. The first kappa shape index (κ1) is 14.8. The van der Waals surface area contributed by atoms with Crippen molar-refractivity contribution in [3.8, 4) is 0 Å². The molecule has 1 aromatic heterocycles. The topological polar surface area (TPSA) is 31.4 Å². The minimum Gasteiger partial charge on any atom is -0.368 e. The molecule has 1 saturated heterocycles. The summed E-state index contributed by atoms with van der Waals surface area (Å²) >= 11 is 5.39. The second-order valence-electron chi connectivity index (χ2n) is 5.09. The molecule has 4 nitrogen and oxygen atoms in total. The van der Waals surface area contributed by atoms with Gasteiger partial charge in [0, 0.05) is 54.5 Å². The summed E-state index contributed by atoms with van der Waals surface area (Å²) in [6.07, 6.45) is 1.88. The third-order valence-corrected chi connectivity index (χ3v) is 5.31. The number of benzene rings is 1. The molecule has 0 atom stereocenters. The summed E-state index contributed by atoms with van der Waals surface area (Å²) in [7, 11) is 1.97. The number of anilines is 2. The molecule has 1 aromatic carbocycles. The van der Waals surface area contributed by atoms with Crippen molar-refractivity contribution in [3.63, 3.8) is 0 Å². The Morgan fingerprint density at radius 3 is 2.62 bits per heavy atom. The van der Waals surface area contributed by atoms with E-state index in [1.54, 1.807) is 11.3 Å². The van der Waals surface area contributed by atoms with E-state index in [-0.39, 0.29) is 0 Å². The van der Waals surface area contributed by atoms with Crippen LogP contribution in [0, 0.1) is 0 Å². The monoisotopic (exact) mass is 366 g/mol. The van der Waals surface area contributed by atoms with Crippen LogP contribution in [0.5, 0.6) is 0 Å². The molecule has 0 radical (unpaired) electrons. The standard InChI is InChI=1S/C15H19BrN4S/c1-17-11-12-2-3-13(10-14(12)16)19-5-7-20(8-6-19)15-18-4-9-21-15/h2-4,9-10,17H,5-8,11H2,1H3. The molecule has 21 heavy (non-hydrogen) atoms. The average Bonchev–Trinajstić information content (AvgIpc) is 3.04. The zero-order valence-electron chi connectivity index (χ0n) is 12.1. The minimum atomic E-state index is 0.888. The van der Waals surface area contributed by atoms with Gasteiger partial charge in [0.15, 0.2) is 5.13 Å². The molecule has 1 N–H and O–H groups in total. The number of nitrogens with zero attached hydrogens (tertiary/aromatic N) is 3. The maximum atomic E-state index is 4.40. The molecule has 6 heteroatoms. The zero-order chi connectivity index (χ0) is 14.7. The second kappa shape index (κ2) is 6.77. The average molecular weight is 367 g/mol. The first-order chi connectivity index (χ1) is 10.3. The van der Waals surface area contributed by atoms with Crippen LogP contribution in [-0.4, -0.2) is 38.2 Å². The normalized spacial score (nSPS) is 15.5. The first-order valence-electron chi connectivity index (χ1n) is 7.10. The fourth-order valence-corrected chi connectivity index (χ4v) is 3.80. The van der Waals surface area contributed by atoms with E-state index in [1.807, 2.05) is 18.6 Å². The van der Waals surface area contributed by atoms with Crippen molar-refractivity contribution in [1.29, 1.82) is 0 Å². The lowest BCUT2D eigenvalue weighted by Crippen LogP contribution is -2.46. The van der Waals surface area contributed by atoms with Gasteiger partial charge in [-0.3, -0.25) is 0 Å². The molecular weight excluding hydrogens is 348 g/mol. The lowest BCUT2D eigenvalue weighted by molar-refractivity contribution is 0.652. The van der Waals surface area contributed by atoms with E-state index in [2.05, 4.69) is 54.2 Å². The number of hydrogen-bond acceptors (Lipinski definition) is 5. The van der Waals surface area contributed by atoms with Gasteiger partial charge in [0.25, 0.3) is 0 Å². The Morgan fingerprint density at radius 1 is 1.24 bits per heavy atom. The summed E-state index contributed by atoms with van der Waals surface area (Å²) in [6.45, 7) is 5.03. The fraction of sp³-hybridized carbons (Fsp3) is 0.400. The van der Waals surface area contributed by atoms with Gasteiger partial charge in [-0.25, -0.2) is 4.98 Å². The number of halogens is 1. The van der Waals surface area contributed by atoms with E-state index in [4.69, 9.17) is 0 Å². The van der Waals surface area contributed by atoms with Gasteiger partial charge in [-0.15, -0.1) is 11.3 Å². The van der Waals surface area contributed by atoms with Gasteiger partial charge in [0.2, 0.25) is 0 Å². The van der Waals surface area contributed by atoms with E-state index in [0.29, 0.717) is 0 Å². The van der Waals surface area contributed by atoms with Crippen LogP contribution in [0.3, 0.4) is 0 Å². The molecule has 112 valence electrons. The Kier molecular flexibility index (Phi) is 4.77. The molecule has 0 spiro atoms. The molecule has 0 unspecified atom stereocenters. The number of hydrogen-bond donors (Lipinski definition) is 1. The molecule has 1 aliphatic rings. The zero-order valence-corrected chi connectivity index (χ0v) is 14.5. The van der Waals surface area contributed by atoms with E-state index in [9.17, 15) is 0 Å². The molecule has 0 amide bonds. The van der Waals surface area contributed by atoms with Crippen LogP contribution in [0.2, 0.25) is 0 Å². The number of piperazine rings is 1. The highest BCUT2D eigenvalue weighted by molar-refractivity contribution is 9.10. The van der Waals surface area contributed by atoms with Crippen LogP contribution >= 0.6 is 27.3 Å². The third-order valence-electron chi connectivity index (χ3n) is 3.74. The summed E-state index contributed by atoms with van der Waals surface area (Å²) < 4.78 is 1.18.